The highest BCUT2D eigenvalue weighted by Gasteiger charge is 2.28. The fraction of sp³-hybridized carbons (Fsp3) is 0.273. The molecule has 0 aliphatic heterocycles. The fourth-order valence-electron chi connectivity index (χ4n) is 3.28. The van der Waals surface area contributed by atoms with E-state index in [9.17, 15) is 13.2 Å². The molecule has 0 spiro atoms. The second-order valence-electron chi connectivity index (χ2n) is 6.87. The van der Waals surface area contributed by atoms with Crippen molar-refractivity contribution < 1.29 is 17.9 Å². The summed E-state index contributed by atoms with van der Waals surface area (Å²) in [6, 6.07) is 13.7. The van der Waals surface area contributed by atoms with Gasteiger partial charge in [0.15, 0.2) is 0 Å². The maximum absolute atomic E-state index is 13.5. The number of methoxy groups -OCH3 is 1. The van der Waals surface area contributed by atoms with Crippen molar-refractivity contribution in [1.29, 1.82) is 0 Å². The summed E-state index contributed by atoms with van der Waals surface area (Å²) < 4.78 is 33.3. The quantitative estimate of drug-likeness (QED) is 0.593. The predicted octanol–water partition coefficient (Wildman–Crippen LogP) is 3.59. The Hall–Kier alpha value is -2.97. The third kappa shape index (κ3) is 4.44. The van der Waals surface area contributed by atoms with E-state index in [4.69, 9.17) is 4.74 Å². The summed E-state index contributed by atoms with van der Waals surface area (Å²) in [5.74, 6) is 0.0671. The monoisotopic (exact) mass is 427 g/mol. The Bertz CT molecular complexity index is 1160. The summed E-state index contributed by atoms with van der Waals surface area (Å²) in [6.07, 6.45) is 2.21. The molecule has 0 saturated heterocycles. The van der Waals surface area contributed by atoms with Gasteiger partial charge in [-0.25, -0.2) is 8.42 Å². The Balaban J connectivity index is 1.92. The van der Waals surface area contributed by atoms with Crippen LogP contribution in [0.15, 0.2) is 59.6 Å². The molecule has 30 heavy (non-hydrogen) atoms. The van der Waals surface area contributed by atoms with Crippen LogP contribution in [0.25, 0.3) is 10.9 Å². The van der Waals surface area contributed by atoms with E-state index in [0.29, 0.717) is 28.8 Å². The lowest BCUT2D eigenvalue weighted by Gasteiger charge is -2.22. The number of para-hydroxylation sites is 2. The first-order valence-corrected chi connectivity index (χ1v) is 11.1. The Kier molecular flexibility index (Phi) is 6.69. The van der Waals surface area contributed by atoms with Crippen molar-refractivity contribution >= 4 is 32.5 Å². The molecule has 3 aromatic rings. The van der Waals surface area contributed by atoms with E-state index in [1.54, 1.807) is 54.7 Å². The van der Waals surface area contributed by atoms with E-state index in [1.165, 1.54) is 11.4 Å². The molecule has 0 aliphatic rings. The standard InChI is InChI=1S/C22H25N3O4S/c1-4-14-25(15-21(26)24-18-9-5-6-10-19(18)29-3)30(27,28)20-12-11-16(2)22-17(20)8-7-13-23-22/h5-13H,4,14-15H2,1-3H3,(H,24,26). The predicted molar refractivity (Wildman–Crippen MR) is 117 cm³/mol. The lowest BCUT2D eigenvalue weighted by atomic mass is 10.1. The number of rotatable bonds is 8. The Morgan fingerprint density at radius 3 is 2.63 bits per heavy atom. The third-order valence-electron chi connectivity index (χ3n) is 4.72. The molecule has 8 heteroatoms. The number of pyridine rings is 1. The number of hydrogen-bond acceptors (Lipinski definition) is 5. The number of nitrogens with zero attached hydrogens (tertiary/aromatic N) is 2. The van der Waals surface area contributed by atoms with Crippen LogP contribution < -0.4 is 10.1 Å². The van der Waals surface area contributed by atoms with Crippen molar-refractivity contribution in [1.82, 2.24) is 9.29 Å². The van der Waals surface area contributed by atoms with Gasteiger partial charge < -0.3 is 10.1 Å². The molecule has 3 rings (SSSR count). The van der Waals surface area contributed by atoms with Crippen molar-refractivity contribution in [3.8, 4) is 5.75 Å². The van der Waals surface area contributed by atoms with Crippen molar-refractivity contribution in [2.24, 2.45) is 0 Å². The normalized spacial score (nSPS) is 11.6. The maximum atomic E-state index is 13.5. The number of anilines is 1. The molecule has 0 aliphatic carbocycles. The fourth-order valence-corrected chi connectivity index (χ4v) is 4.95. The lowest BCUT2D eigenvalue weighted by molar-refractivity contribution is -0.116. The zero-order valence-electron chi connectivity index (χ0n) is 17.3. The van der Waals surface area contributed by atoms with Crippen molar-refractivity contribution in [2.75, 3.05) is 25.5 Å². The van der Waals surface area contributed by atoms with Crippen LogP contribution in [0, 0.1) is 6.92 Å². The zero-order valence-corrected chi connectivity index (χ0v) is 18.1. The average Bonchev–Trinajstić information content (AvgIpc) is 2.74. The minimum Gasteiger partial charge on any atom is -0.495 e. The first-order valence-electron chi connectivity index (χ1n) is 9.65. The molecule has 0 unspecified atom stereocenters. The van der Waals surface area contributed by atoms with Crippen molar-refractivity contribution in [2.45, 2.75) is 25.2 Å². The first kappa shape index (κ1) is 21.7. The smallest absolute Gasteiger partial charge is 0.244 e. The van der Waals surface area contributed by atoms with Gasteiger partial charge in [0.2, 0.25) is 15.9 Å². The number of carbonyl (C=O) groups excluding carboxylic acids is 1. The largest absolute Gasteiger partial charge is 0.495 e. The summed E-state index contributed by atoms with van der Waals surface area (Å²) in [6.45, 7) is 3.67. The van der Waals surface area contributed by atoms with Crippen molar-refractivity contribution in [3.63, 3.8) is 0 Å². The number of sulfonamides is 1. The molecular formula is C22H25N3O4S. The van der Waals surface area contributed by atoms with E-state index >= 15 is 0 Å². The molecule has 7 nitrogen and oxygen atoms in total. The Labute approximate surface area is 176 Å². The van der Waals surface area contributed by atoms with Gasteiger partial charge in [0.25, 0.3) is 0 Å². The zero-order chi connectivity index (χ0) is 21.7. The third-order valence-corrected chi connectivity index (χ3v) is 6.63. The highest BCUT2D eigenvalue weighted by molar-refractivity contribution is 7.89. The number of aromatic nitrogens is 1. The SMILES string of the molecule is CCCN(CC(=O)Nc1ccccc1OC)S(=O)(=O)c1ccc(C)c2ncccc12. The summed E-state index contributed by atoms with van der Waals surface area (Å²) in [5.41, 5.74) is 2.01. The maximum Gasteiger partial charge on any atom is 0.244 e. The van der Waals surface area contributed by atoms with Crippen LogP contribution in [0.1, 0.15) is 18.9 Å². The summed E-state index contributed by atoms with van der Waals surface area (Å²) >= 11 is 0. The number of aryl methyl sites for hydroxylation is 1. The van der Waals surface area contributed by atoms with Gasteiger partial charge in [0, 0.05) is 18.1 Å². The molecule has 0 radical (unpaired) electrons. The van der Waals surface area contributed by atoms with Gasteiger partial charge in [-0.15, -0.1) is 0 Å². The molecule has 1 N–H and O–H groups in total. The van der Waals surface area contributed by atoms with Gasteiger partial charge >= 0.3 is 0 Å². The topological polar surface area (TPSA) is 88.6 Å². The van der Waals surface area contributed by atoms with Crippen LogP contribution in [0.5, 0.6) is 5.75 Å². The molecule has 158 valence electrons. The first-order chi connectivity index (χ1) is 14.4. The van der Waals surface area contributed by atoms with Crippen LogP contribution in [0.3, 0.4) is 0 Å². The molecule has 1 amide bonds. The number of hydrogen-bond donors (Lipinski definition) is 1. The van der Waals surface area contributed by atoms with Gasteiger partial charge in [-0.05, 0) is 49.2 Å². The van der Waals surface area contributed by atoms with Gasteiger partial charge in [-0.2, -0.15) is 4.31 Å². The van der Waals surface area contributed by atoms with Crippen LogP contribution in [0.4, 0.5) is 5.69 Å². The van der Waals surface area contributed by atoms with E-state index in [0.717, 1.165) is 5.56 Å². The number of carbonyl (C=O) groups is 1. The van der Waals surface area contributed by atoms with E-state index < -0.39 is 15.9 Å². The number of amides is 1. The van der Waals surface area contributed by atoms with E-state index in [1.807, 2.05) is 13.8 Å². The van der Waals surface area contributed by atoms with Gasteiger partial charge in [0.1, 0.15) is 5.75 Å². The molecule has 0 bridgehead atoms. The average molecular weight is 428 g/mol. The van der Waals surface area contributed by atoms with Crippen LogP contribution in [-0.4, -0.2) is 43.8 Å². The summed E-state index contributed by atoms with van der Waals surface area (Å²) in [7, 11) is -2.40. The highest BCUT2D eigenvalue weighted by Crippen LogP contribution is 2.27. The Morgan fingerprint density at radius 2 is 1.90 bits per heavy atom. The van der Waals surface area contributed by atoms with Crippen LogP contribution in [0.2, 0.25) is 0 Å². The van der Waals surface area contributed by atoms with Gasteiger partial charge in [-0.3, -0.25) is 9.78 Å². The van der Waals surface area contributed by atoms with Gasteiger partial charge in [0.05, 0.1) is 29.8 Å². The highest BCUT2D eigenvalue weighted by atomic mass is 32.2. The Morgan fingerprint density at radius 1 is 1.13 bits per heavy atom. The molecule has 1 heterocycles. The minimum atomic E-state index is -3.91. The molecule has 0 fully saturated rings. The van der Waals surface area contributed by atoms with Crippen LogP contribution in [-0.2, 0) is 14.8 Å². The van der Waals surface area contributed by atoms with E-state index in [2.05, 4.69) is 10.3 Å². The molecule has 0 atom stereocenters. The summed E-state index contributed by atoms with van der Waals surface area (Å²) in [5, 5.41) is 3.28. The second-order valence-corrected chi connectivity index (χ2v) is 8.77. The molecule has 0 saturated carbocycles. The van der Waals surface area contributed by atoms with Crippen LogP contribution >= 0.6 is 0 Å². The number of benzene rings is 2. The number of nitrogens with one attached hydrogen (secondary N) is 1. The lowest BCUT2D eigenvalue weighted by Crippen LogP contribution is -2.38. The second kappa shape index (κ2) is 9.23. The minimum absolute atomic E-state index is 0.148. The van der Waals surface area contributed by atoms with Gasteiger partial charge in [-0.1, -0.05) is 25.1 Å². The summed E-state index contributed by atoms with van der Waals surface area (Å²) in [4.78, 5) is 17.1. The molecule has 2 aromatic carbocycles. The number of fused-ring (bicyclic) bond motifs is 1. The van der Waals surface area contributed by atoms with Crippen molar-refractivity contribution in [3.05, 3.63) is 60.3 Å². The molecular weight excluding hydrogens is 402 g/mol. The molecule has 1 aromatic heterocycles. The number of ether oxygens (including phenoxy) is 1. The van der Waals surface area contributed by atoms with E-state index in [-0.39, 0.29) is 18.0 Å².